The Bertz CT molecular complexity index is 1040. The van der Waals surface area contributed by atoms with Crippen molar-refractivity contribution < 1.29 is 44.4 Å². The number of benzene rings is 1. The molecular weight excluding hydrogens is 519 g/mol. The number of rotatable bonds is 7. The first-order chi connectivity index (χ1) is 15.8. The van der Waals surface area contributed by atoms with Gasteiger partial charge in [0.2, 0.25) is 0 Å². The Labute approximate surface area is 198 Å². The summed E-state index contributed by atoms with van der Waals surface area (Å²) < 4.78 is 105. The van der Waals surface area contributed by atoms with Gasteiger partial charge < -0.3 is 13.8 Å². The van der Waals surface area contributed by atoms with Gasteiger partial charge in [-0.05, 0) is 25.1 Å². The van der Waals surface area contributed by atoms with Gasteiger partial charge in [-0.1, -0.05) is 11.6 Å². The summed E-state index contributed by atoms with van der Waals surface area (Å²) in [6.45, 7) is 0.0701. The van der Waals surface area contributed by atoms with Crippen LogP contribution in [0.4, 0.5) is 36.4 Å². The van der Waals surface area contributed by atoms with Crippen molar-refractivity contribution in [3.63, 3.8) is 0 Å². The van der Waals surface area contributed by atoms with Gasteiger partial charge in [-0.3, -0.25) is 4.68 Å². The van der Waals surface area contributed by atoms with Gasteiger partial charge in [0, 0.05) is 18.0 Å². The predicted molar refractivity (Wildman–Crippen MR) is 110 cm³/mol. The molecule has 1 aromatic carbocycles. The third-order valence-corrected chi connectivity index (χ3v) is 5.44. The van der Waals surface area contributed by atoms with Crippen LogP contribution in [0.1, 0.15) is 41.9 Å². The Morgan fingerprint density at radius 1 is 1.35 bits per heavy atom. The van der Waals surface area contributed by atoms with E-state index in [2.05, 4.69) is 9.28 Å². The van der Waals surface area contributed by atoms with Crippen LogP contribution >= 0.6 is 23.6 Å². The minimum absolute atomic E-state index is 0.0294. The number of esters is 1. The maximum absolute atomic E-state index is 14.7. The number of nitrogens with zero attached hydrogens (tertiary/aromatic N) is 3. The van der Waals surface area contributed by atoms with E-state index in [1.807, 2.05) is 0 Å². The number of carbonyl (C=O) groups is 1. The normalized spacial score (nSPS) is 18.3. The zero-order valence-electron chi connectivity index (χ0n) is 17.3. The molecule has 0 bridgehead atoms. The highest BCUT2D eigenvalue weighted by atomic mass is 35.5. The molecule has 3 rings (SSSR count). The molecule has 0 aliphatic carbocycles. The summed E-state index contributed by atoms with van der Waals surface area (Å²) >= 11 is 5.08. The fraction of sp³-hybridized carbons (Fsp3) is 0.474. The zero-order valence-corrected chi connectivity index (χ0v) is 18.9. The number of anilines is 1. The van der Waals surface area contributed by atoms with E-state index < -0.39 is 71.9 Å². The molecule has 2 aromatic rings. The third kappa shape index (κ3) is 6.20. The lowest BCUT2D eigenvalue weighted by atomic mass is 10.0. The molecule has 0 N–H and O–H groups in total. The average molecular weight is 536 g/mol. The van der Waals surface area contributed by atoms with Gasteiger partial charge in [0.15, 0.2) is 17.8 Å². The summed E-state index contributed by atoms with van der Waals surface area (Å²) in [6.07, 6.45) is -3.33. The Morgan fingerprint density at radius 3 is 2.68 bits per heavy atom. The van der Waals surface area contributed by atoms with E-state index in [1.165, 1.54) is 13.0 Å². The van der Waals surface area contributed by atoms with Gasteiger partial charge in [0.05, 0.1) is 31.1 Å². The van der Waals surface area contributed by atoms with Crippen molar-refractivity contribution >= 4 is 35.3 Å². The van der Waals surface area contributed by atoms with Crippen LogP contribution in [0.2, 0.25) is 5.02 Å². The second-order valence-corrected chi connectivity index (χ2v) is 8.46. The van der Waals surface area contributed by atoms with Crippen LogP contribution < -0.4 is 9.08 Å². The van der Waals surface area contributed by atoms with Crippen molar-refractivity contribution in [2.45, 2.75) is 37.2 Å². The molecule has 34 heavy (non-hydrogen) atoms. The number of hydrogen-bond donors (Lipinski definition) is 0. The first kappa shape index (κ1) is 26.3. The largest absolute Gasteiger partial charge is 0.479 e. The second kappa shape index (κ2) is 10.1. The number of halogens is 8. The maximum atomic E-state index is 14.7. The van der Waals surface area contributed by atoms with E-state index in [-0.39, 0.29) is 23.9 Å². The zero-order chi connectivity index (χ0) is 25.3. The number of carbonyl (C=O) groups excluding carboxylic acids is 1. The lowest BCUT2D eigenvalue weighted by Gasteiger charge is -2.39. The fourth-order valence-corrected chi connectivity index (χ4v) is 4.06. The van der Waals surface area contributed by atoms with E-state index in [4.69, 9.17) is 16.3 Å². The summed E-state index contributed by atoms with van der Waals surface area (Å²) in [7, 11) is 0. The van der Waals surface area contributed by atoms with Crippen LogP contribution in [0, 0.1) is 0 Å². The van der Waals surface area contributed by atoms with Gasteiger partial charge in [0.1, 0.15) is 11.3 Å². The quantitative estimate of drug-likeness (QED) is 0.236. The van der Waals surface area contributed by atoms with Crippen molar-refractivity contribution in [1.82, 2.24) is 9.78 Å². The molecule has 188 valence electrons. The molecule has 0 radical (unpaired) electrons. The molecule has 0 amide bonds. The highest BCUT2D eigenvalue weighted by Gasteiger charge is 2.44. The fourth-order valence-electron chi connectivity index (χ4n) is 3.57. The minimum atomic E-state index is -4.77. The standard InChI is InChI=1S/C19H17ClF7N3O3S/c1-2-32-17(31)12-7-28-30(15(12)16(21)22)11-6-18(23,24)9-29(8-11)13-5-10(20)3-4-14(13)33-34-19(25,26)27/h3-5,7,11,16H,2,6,8-9H2,1H3. The van der Waals surface area contributed by atoms with Gasteiger partial charge in [0.25, 0.3) is 12.3 Å². The first-order valence-electron chi connectivity index (χ1n) is 9.68. The lowest BCUT2D eigenvalue weighted by molar-refractivity contribution is -0.0372. The van der Waals surface area contributed by atoms with Crippen LogP contribution in [-0.2, 0) is 4.74 Å². The Morgan fingerprint density at radius 2 is 2.06 bits per heavy atom. The van der Waals surface area contributed by atoms with Crippen molar-refractivity contribution in [2.24, 2.45) is 0 Å². The van der Waals surface area contributed by atoms with Crippen LogP contribution in [-0.4, -0.2) is 46.9 Å². The molecule has 15 heteroatoms. The van der Waals surface area contributed by atoms with E-state index >= 15 is 0 Å². The molecule has 1 unspecified atom stereocenters. The van der Waals surface area contributed by atoms with Gasteiger partial charge in [-0.25, -0.2) is 22.4 Å². The molecule has 1 saturated heterocycles. The van der Waals surface area contributed by atoms with Crippen molar-refractivity contribution in [1.29, 1.82) is 0 Å². The number of ether oxygens (including phenoxy) is 1. The Hall–Kier alpha value is -2.35. The van der Waals surface area contributed by atoms with Crippen molar-refractivity contribution in [2.75, 3.05) is 24.6 Å². The van der Waals surface area contributed by atoms with Crippen LogP contribution in [0.25, 0.3) is 0 Å². The predicted octanol–water partition coefficient (Wildman–Crippen LogP) is 6.28. The van der Waals surface area contributed by atoms with E-state index in [9.17, 15) is 35.5 Å². The van der Waals surface area contributed by atoms with E-state index in [1.54, 1.807) is 0 Å². The molecule has 0 saturated carbocycles. The average Bonchev–Trinajstić information content (AvgIpc) is 3.17. The molecule has 1 atom stereocenters. The van der Waals surface area contributed by atoms with Gasteiger partial charge >= 0.3 is 11.5 Å². The summed E-state index contributed by atoms with van der Waals surface area (Å²) in [5.74, 6) is -4.93. The molecule has 0 spiro atoms. The van der Waals surface area contributed by atoms with E-state index in [0.29, 0.717) is 4.68 Å². The second-order valence-electron chi connectivity index (χ2n) is 7.23. The number of piperidine rings is 1. The summed E-state index contributed by atoms with van der Waals surface area (Å²) in [5, 5.41) is 3.76. The Kier molecular flexibility index (Phi) is 7.80. The Balaban J connectivity index is 1.98. The monoisotopic (exact) mass is 535 g/mol. The highest BCUT2D eigenvalue weighted by Crippen LogP contribution is 2.43. The number of alkyl halides is 7. The van der Waals surface area contributed by atoms with Gasteiger partial charge in [-0.2, -0.15) is 18.3 Å². The number of aromatic nitrogens is 2. The molecule has 6 nitrogen and oxygen atoms in total. The first-order valence-corrected chi connectivity index (χ1v) is 10.8. The van der Waals surface area contributed by atoms with Gasteiger partial charge in [-0.15, -0.1) is 0 Å². The minimum Gasteiger partial charge on any atom is -0.462 e. The lowest BCUT2D eigenvalue weighted by Crippen LogP contribution is -2.48. The summed E-state index contributed by atoms with van der Waals surface area (Å²) in [5.41, 5.74) is -6.41. The third-order valence-electron chi connectivity index (χ3n) is 4.76. The molecule has 1 aliphatic rings. The smallest absolute Gasteiger partial charge is 0.462 e. The molecule has 1 aromatic heterocycles. The van der Waals surface area contributed by atoms with Crippen molar-refractivity contribution in [3.05, 3.63) is 40.7 Å². The highest BCUT2D eigenvalue weighted by molar-refractivity contribution is 7.95. The summed E-state index contributed by atoms with van der Waals surface area (Å²) in [4.78, 5) is 13.0. The number of hydrogen-bond acceptors (Lipinski definition) is 6. The summed E-state index contributed by atoms with van der Waals surface area (Å²) in [6, 6.07) is 2.06. The SMILES string of the molecule is CCOC(=O)c1cnn(C2CN(c3cc(Cl)ccc3OSC(F)(F)F)CC(F)(F)C2)c1C(F)F. The van der Waals surface area contributed by atoms with Crippen molar-refractivity contribution in [3.8, 4) is 5.75 Å². The van der Waals surface area contributed by atoms with Crippen LogP contribution in [0.15, 0.2) is 24.4 Å². The molecule has 2 heterocycles. The topological polar surface area (TPSA) is 56.6 Å². The van der Waals surface area contributed by atoms with Crippen LogP contribution in [0.5, 0.6) is 5.75 Å². The molecule has 1 fully saturated rings. The maximum Gasteiger partial charge on any atom is 0.479 e. The van der Waals surface area contributed by atoms with E-state index in [0.717, 1.165) is 23.2 Å². The molecular formula is C19H17ClF7N3O3S. The molecule has 1 aliphatic heterocycles. The van der Waals surface area contributed by atoms with Crippen LogP contribution in [0.3, 0.4) is 0 Å².